The predicted molar refractivity (Wildman–Crippen MR) is 154 cm³/mol. The Morgan fingerprint density at radius 2 is 2.05 bits per heavy atom. The highest BCUT2D eigenvalue weighted by molar-refractivity contribution is 5.83. The van der Waals surface area contributed by atoms with Crippen LogP contribution in [0.1, 0.15) is 55.1 Å². The number of rotatable bonds is 15. The fourth-order valence-corrected chi connectivity index (χ4v) is 4.90. The maximum Gasteiger partial charge on any atom is 0.428 e. The highest BCUT2D eigenvalue weighted by Crippen LogP contribution is 2.27. The first-order valence-electron chi connectivity index (χ1n) is 14.5. The fourth-order valence-electron chi connectivity index (χ4n) is 4.90. The molecule has 4 heterocycles. The van der Waals surface area contributed by atoms with Crippen LogP contribution < -0.4 is 20.1 Å². The van der Waals surface area contributed by atoms with Crippen molar-refractivity contribution >= 4 is 17.5 Å². The Balaban J connectivity index is 1.34. The van der Waals surface area contributed by atoms with Crippen molar-refractivity contribution in [2.75, 3.05) is 43.4 Å². The lowest BCUT2D eigenvalue weighted by Gasteiger charge is -2.24. The van der Waals surface area contributed by atoms with Gasteiger partial charge in [-0.3, -0.25) is 20.0 Å². The van der Waals surface area contributed by atoms with Crippen LogP contribution in [0.4, 0.5) is 24.9 Å². The van der Waals surface area contributed by atoms with E-state index in [4.69, 9.17) is 9.72 Å². The van der Waals surface area contributed by atoms with Crippen molar-refractivity contribution in [2.24, 2.45) is 0 Å². The Morgan fingerprint density at radius 1 is 1.21 bits per heavy atom. The van der Waals surface area contributed by atoms with E-state index >= 15 is 0 Å². The lowest BCUT2D eigenvalue weighted by Crippen LogP contribution is -2.42. The standard InChI is InChI=1S/C30H38F3N7O3/c1-21-27(9-6-13-34-21)43-18-17-39(15-4-3-8-25-11-10-23-7-5-14-35-28(23)37-25)16-12-26(22(2)41)38-29-36-19-24(20-40(29)42)30(31,32)33/h6,9-11,13,19-20,26,42H,3-5,7-8,12,14-18H2,1-2H3,(H,35,37)/p+1/t26-/m0/s1. The van der Waals surface area contributed by atoms with Crippen LogP contribution in [0.15, 0.2) is 42.9 Å². The van der Waals surface area contributed by atoms with Gasteiger partial charge >= 0.3 is 12.1 Å². The minimum atomic E-state index is -4.65. The van der Waals surface area contributed by atoms with Crippen LogP contribution in [0.2, 0.25) is 0 Å². The van der Waals surface area contributed by atoms with Gasteiger partial charge in [0.1, 0.15) is 42.2 Å². The predicted octanol–water partition coefficient (Wildman–Crippen LogP) is 4.25. The molecule has 0 saturated carbocycles. The molecule has 0 unspecified atom stereocenters. The van der Waals surface area contributed by atoms with Gasteiger partial charge in [-0.1, -0.05) is 15.8 Å². The smallest absolute Gasteiger partial charge is 0.428 e. The number of alkyl halides is 3. The SMILES string of the molecule is CC(=O)[C@H](CCN(CCCCc1ccc2c(n1)NCCC2)CCOc1cccnc1C)Nc1ncc(C(F)(F)F)c[n+]1O. The first-order valence-corrected chi connectivity index (χ1v) is 14.5. The fraction of sp³-hybridized carbons (Fsp3) is 0.500. The zero-order valence-electron chi connectivity index (χ0n) is 24.5. The van der Waals surface area contributed by atoms with Crippen LogP contribution in [0.5, 0.6) is 5.75 Å². The molecule has 0 aromatic carbocycles. The van der Waals surface area contributed by atoms with E-state index in [1.807, 2.05) is 19.1 Å². The number of ether oxygens (including phenoxy) is 1. The van der Waals surface area contributed by atoms with E-state index in [1.54, 1.807) is 6.20 Å². The van der Waals surface area contributed by atoms with E-state index < -0.39 is 17.8 Å². The molecule has 232 valence electrons. The lowest BCUT2D eigenvalue weighted by atomic mass is 10.1. The van der Waals surface area contributed by atoms with E-state index in [-0.39, 0.29) is 16.5 Å². The Hall–Kier alpha value is -4.00. The van der Waals surface area contributed by atoms with Crippen molar-refractivity contribution in [2.45, 2.75) is 64.6 Å². The number of carbonyl (C=O) groups excluding carboxylic acids is 1. The Kier molecular flexibility index (Phi) is 11.1. The number of aromatic nitrogens is 4. The van der Waals surface area contributed by atoms with E-state index in [0.717, 1.165) is 62.4 Å². The topological polar surface area (TPSA) is 116 Å². The summed E-state index contributed by atoms with van der Waals surface area (Å²) in [5.41, 5.74) is 2.01. The number of aryl methyl sites for hydroxylation is 3. The molecule has 0 spiro atoms. The number of nitrogens with zero attached hydrogens (tertiary/aromatic N) is 5. The van der Waals surface area contributed by atoms with E-state index in [0.29, 0.717) is 44.3 Å². The monoisotopic (exact) mass is 602 g/mol. The van der Waals surface area contributed by atoms with Crippen molar-refractivity contribution in [1.29, 1.82) is 0 Å². The second-order valence-corrected chi connectivity index (χ2v) is 10.7. The third kappa shape index (κ3) is 9.50. The molecular weight excluding hydrogens is 563 g/mol. The molecule has 1 aliphatic rings. The van der Waals surface area contributed by atoms with Gasteiger partial charge in [-0.05, 0) is 76.3 Å². The second-order valence-electron chi connectivity index (χ2n) is 10.7. The van der Waals surface area contributed by atoms with Crippen LogP contribution in [0, 0.1) is 6.92 Å². The van der Waals surface area contributed by atoms with Gasteiger partial charge < -0.3 is 15.3 Å². The third-order valence-electron chi connectivity index (χ3n) is 7.39. The van der Waals surface area contributed by atoms with Crippen LogP contribution in [-0.2, 0) is 23.8 Å². The number of halogens is 3. The normalized spacial score (nSPS) is 13.7. The molecule has 0 bridgehead atoms. The van der Waals surface area contributed by atoms with Crippen molar-refractivity contribution in [1.82, 2.24) is 19.9 Å². The van der Waals surface area contributed by atoms with Gasteiger partial charge in [0.25, 0.3) is 0 Å². The number of ketones is 1. The molecule has 0 fully saturated rings. The molecular formula is C30H39F3N7O3+. The van der Waals surface area contributed by atoms with Gasteiger partial charge in [0, 0.05) is 37.9 Å². The van der Waals surface area contributed by atoms with Crippen molar-refractivity contribution in [3.05, 3.63) is 65.4 Å². The average Bonchev–Trinajstić information content (AvgIpc) is 2.97. The zero-order valence-corrected chi connectivity index (χ0v) is 24.5. The van der Waals surface area contributed by atoms with Crippen LogP contribution >= 0.6 is 0 Å². The first kappa shape index (κ1) is 31.9. The number of hydrogen-bond acceptors (Lipinski definition) is 9. The van der Waals surface area contributed by atoms with Crippen LogP contribution in [-0.4, -0.2) is 69.7 Å². The van der Waals surface area contributed by atoms with Gasteiger partial charge in [0.2, 0.25) is 0 Å². The molecule has 10 nitrogen and oxygen atoms in total. The third-order valence-corrected chi connectivity index (χ3v) is 7.39. The van der Waals surface area contributed by atoms with E-state index in [9.17, 15) is 23.2 Å². The molecule has 3 N–H and O–H groups in total. The Bertz CT molecular complexity index is 1370. The summed E-state index contributed by atoms with van der Waals surface area (Å²) in [6, 6.07) is 7.17. The lowest BCUT2D eigenvalue weighted by molar-refractivity contribution is -0.895. The van der Waals surface area contributed by atoms with Crippen LogP contribution in [0.3, 0.4) is 0 Å². The number of carbonyl (C=O) groups is 1. The molecule has 0 aliphatic carbocycles. The largest absolute Gasteiger partial charge is 0.490 e. The minimum Gasteiger partial charge on any atom is -0.490 e. The number of Topliss-reactive ketones (excluding diaryl/α,β-unsaturated/α-hetero) is 1. The van der Waals surface area contributed by atoms with Gasteiger partial charge in [-0.2, -0.15) is 13.2 Å². The van der Waals surface area contributed by atoms with Gasteiger partial charge in [-0.15, -0.1) is 0 Å². The van der Waals surface area contributed by atoms with Gasteiger partial charge in [-0.25, -0.2) is 4.98 Å². The maximum absolute atomic E-state index is 13.0. The quantitative estimate of drug-likeness (QED) is 0.133. The first-order chi connectivity index (χ1) is 20.6. The van der Waals surface area contributed by atoms with Gasteiger partial charge in [0.15, 0.2) is 5.78 Å². The minimum absolute atomic E-state index is 0.226. The number of fused-ring (bicyclic) bond motifs is 1. The molecule has 1 atom stereocenters. The molecule has 3 aromatic rings. The number of hydrogen-bond donors (Lipinski definition) is 3. The molecule has 43 heavy (non-hydrogen) atoms. The summed E-state index contributed by atoms with van der Waals surface area (Å²) in [4.78, 5) is 27.3. The number of nitrogens with one attached hydrogen (secondary N) is 2. The summed E-state index contributed by atoms with van der Waals surface area (Å²) < 4.78 is 45.1. The Morgan fingerprint density at radius 3 is 2.79 bits per heavy atom. The molecule has 3 aromatic heterocycles. The molecule has 0 radical (unpaired) electrons. The molecule has 0 amide bonds. The van der Waals surface area contributed by atoms with Gasteiger partial charge in [0.05, 0.1) is 5.69 Å². The second kappa shape index (κ2) is 14.9. The van der Waals surface area contributed by atoms with Crippen molar-refractivity contribution in [3.8, 4) is 5.75 Å². The highest BCUT2D eigenvalue weighted by atomic mass is 19.4. The Labute approximate surface area is 249 Å². The zero-order chi connectivity index (χ0) is 30.8. The summed E-state index contributed by atoms with van der Waals surface area (Å²) in [5.74, 6) is 1.22. The van der Waals surface area contributed by atoms with E-state index in [1.165, 1.54) is 12.5 Å². The molecule has 13 heteroatoms. The average molecular weight is 603 g/mol. The van der Waals surface area contributed by atoms with Crippen molar-refractivity contribution in [3.63, 3.8) is 0 Å². The molecule has 1 aliphatic heterocycles. The number of pyridine rings is 2. The summed E-state index contributed by atoms with van der Waals surface area (Å²) >= 11 is 0. The maximum atomic E-state index is 13.0. The van der Waals surface area contributed by atoms with Crippen molar-refractivity contribution < 1.29 is 32.6 Å². The summed E-state index contributed by atoms with van der Waals surface area (Å²) in [5, 5.41) is 16.2. The number of anilines is 2. The summed E-state index contributed by atoms with van der Waals surface area (Å²) in [7, 11) is 0. The van der Waals surface area contributed by atoms with E-state index in [2.05, 4.69) is 37.6 Å². The van der Waals surface area contributed by atoms with Crippen LogP contribution in [0.25, 0.3) is 0 Å². The summed E-state index contributed by atoms with van der Waals surface area (Å²) in [6.45, 7) is 6.49. The summed E-state index contributed by atoms with van der Waals surface area (Å²) in [6.07, 6.45) is 3.38. The molecule has 0 saturated heterocycles. The molecule has 4 rings (SSSR count). The highest BCUT2D eigenvalue weighted by Gasteiger charge is 2.35. The number of unbranched alkanes of at least 4 members (excludes halogenated alkanes) is 1.